The number of likely N-dealkylation sites (N-methyl/N-ethyl adjacent to an activating group) is 1. The Morgan fingerprint density at radius 1 is 1.00 bits per heavy atom. The normalized spacial score (nSPS) is 12.2. The van der Waals surface area contributed by atoms with Crippen LogP contribution in [-0.2, 0) is 0 Å². The van der Waals surface area contributed by atoms with Crippen LogP contribution in [-0.4, -0.2) is 31.6 Å². The molecule has 0 aliphatic rings. The highest BCUT2D eigenvalue weighted by Gasteiger charge is 2.10. The second-order valence-electron chi connectivity index (χ2n) is 5.19. The minimum Gasteiger partial charge on any atom is -0.485 e. The number of benzene rings is 2. The third kappa shape index (κ3) is 4.96. The predicted octanol–water partition coefficient (Wildman–Crippen LogP) is 4.46. The molecule has 0 N–H and O–H groups in total. The Hall–Kier alpha value is -1.71. The summed E-state index contributed by atoms with van der Waals surface area (Å²) in [6.45, 7) is 2.88. The predicted molar refractivity (Wildman–Crippen MR) is 86.6 cm³/mol. The summed E-state index contributed by atoms with van der Waals surface area (Å²) in [5.41, 5.74) is 0. The van der Waals surface area contributed by atoms with Crippen LogP contribution in [0.2, 0.25) is 5.02 Å². The molecule has 1 atom stereocenters. The first kappa shape index (κ1) is 15.7. The Labute approximate surface area is 131 Å². The van der Waals surface area contributed by atoms with E-state index in [2.05, 4.69) is 4.90 Å². The molecular weight excluding hydrogens is 286 g/mol. The molecule has 0 saturated heterocycles. The first-order valence-corrected chi connectivity index (χ1v) is 7.26. The molecule has 2 aromatic rings. The average Bonchev–Trinajstić information content (AvgIpc) is 2.42. The Balaban J connectivity index is 2.11. The van der Waals surface area contributed by atoms with Crippen LogP contribution < -0.4 is 9.47 Å². The van der Waals surface area contributed by atoms with E-state index < -0.39 is 0 Å². The maximum absolute atomic E-state index is 5.96. The van der Waals surface area contributed by atoms with Gasteiger partial charge in [-0.1, -0.05) is 23.7 Å². The van der Waals surface area contributed by atoms with Crippen LogP contribution >= 0.6 is 11.6 Å². The van der Waals surface area contributed by atoms with Crippen molar-refractivity contribution in [3.63, 3.8) is 0 Å². The summed E-state index contributed by atoms with van der Waals surface area (Å²) < 4.78 is 11.8. The van der Waals surface area contributed by atoms with E-state index in [0.29, 0.717) is 10.8 Å². The van der Waals surface area contributed by atoms with Crippen LogP contribution in [0, 0.1) is 0 Å². The molecule has 0 aliphatic heterocycles. The lowest BCUT2D eigenvalue weighted by atomic mass is 10.3. The first-order chi connectivity index (χ1) is 10.0. The SMILES string of the molecule is CC(CN(C)C)Oc1ccccc1Oc1ccc(Cl)cc1. The maximum Gasteiger partial charge on any atom is 0.169 e. The van der Waals surface area contributed by atoms with Crippen LogP contribution in [0.5, 0.6) is 17.2 Å². The summed E-state index contributed by atoms with van der Waals surface area (Å²) in [5, 5.41) is 0.687. The smallest absolute Gasteiger partial charge is 0.169 e. The van der Waals surface area contributed by atoms with Gasteiger partial charge in [0.2, 0.25) is 0 Å². The Morgan fingerprint density at radius 2 is 1.62 bits per heavy atom. The largest absolute Gasteiger partial charge is 0.485 e. The molecule has 0 amide bonds. The summed E-state index contributed by atoms with van der Waals surface area (Å²) in [4.78, 5) is 2.09. The summed E-state index contributed by atoms with van der Waals surface area (Å²) in [6, 6.07) is 14.9. The van der Waals surface area contributed by atoms with E-state index in [1.165, 1.54) is 0 Å². The molecule has 0 fully saturated rings. The number of para-hydroxylation sites is 2. The Bertz CT molecular complexity index is 569. The highest BCUT2D eigenvalue weighted by molar-refractivity contribution is 6.30. The van der Waals surface area contributed by atoms with Crippen molar-refractivity contribution in [3.8, 4) is 17.2 Å². The van der Waals surface area contributed by atoms with Gasteiger partial charge in [-0.05, 0) is 57.4 Å². The van der Waals surface area contributed by atoms with E-state index >= 15 is 0 Å². The van der Waals surface area contributed by atoms with E-state index in [9.17, 15) is 0 Å². The van der Waals surface area contributed by atoms with Crippen molar-refractivity contribution in [2.24, 2.45) is 0 Å². The average molecular weight is 306 g/mol. The monoisotopic (exact) mass is 305 g/mol. The van der Waals surface area contributed by atoms with E-state index in [4.69, 9.17) is 21.1 Å². The zero-order valence-electron chi connectivity index (χ0n) is 12.5. The molecule has 0 radical (unpaired) electrons. The van der Waals surface area contributed by atoms with Crippen molar-refractivity contribution >= 4 is 11.6 Å². The quantitative estimate of drug-likeness (QED) is 0.786. The molecule has 0 spiro atoms. The molecular formula is C17H20ClNO2. The molecule has 3 nitrogen and oxygen atoms in total. The number of hydrogen-bond acceptors (Lipinski definition) is 3. The maximum atomic E-state index is 5.96. The second-order valence-corrected chi connectivity index (χ2v) is 5.63. The van der Waals surface area contributed by atoms with E-state index in [-0.39, 0.29) is 6.10 Å². The number of nitrogens with zero attached hydrogens (tertiary/aromatic N) is 1. The van der Waals surface area contributed by atoms with Gasteiger partial charge in [-0.2, -0.15) is 0 Å². The lowest BCUT2D eigenvalue weighted by Crippen LogP contribution is -2.28. The molecule has 0 aromatic heterocycles. The van der Waals surface area contributed by atoms with Crippen molar-refractivity contribution in [2.75, 3.05) is 20.6 Å². The van der Waals surface area contributed by atoms with Gasteiger partial charge in [0.05, 0.1) is 0 Å². The standard InChI is InChI=1S/C17H20ClNO2/c1-13(12-19(2)3)20-16-6-4-5-7-17(16)21-15-10-8-14(18)9-11-15/h4-11,13H,12H2,1-3H3. The van der Waals surface area contributed by atoms with Crippen molar-refractivity contribution in [3.05, 3.63) is 53.6 Å². The molecule has 21 heavy (non-hydrogen) atoms. The van der Waals surface area contributed by atoms with Crippen LogP contribution in [0.1, 0.15) is 6.92 Å². The molecule has 0 heterocycles. The molecule has 0 bridgehead atoms. The number of rotatable bonds is 6. The van der Waals surface area contributed by atoms with Gasteiger partial charge in [0.15, 0.2) is 11.5 Å². The van der Waals surface area contributed by atoms with Gasteiger partial charge in [0, 0.05) is 11.6 Å². The van der Waals surface area contributed by atoms with Crippen molar-refractivity contribution in [2.45, 2.75) is 13.0 Å². The molecule has 0 saturated carbocycles. The number of halogens is 1. The van der Waals surface area contributed by atoms with Gasteiger partial charge in [0.1, 0.15) is 11.9 Å². The first-order valence-electron chi connectivity index (χ1n) is 6.88. The number of hydrogen-bond donors (Lipinski definition) is 0. The molecule has 112 valence electrons. The van der Waals surface area contributed by atoms with E-state index in [0.717, 1.165) is 18.0 Å². The molecule has 1 unspecified atom stereocenters. The van der Waals surface area contributed by atoms with E-state index in [1.54, 1.807) is 12.1 Å². The fourth-order valence-corrected chi connectivity index (χ4v) is 2.16. The molecule has 2 aromatic carbocycles. The third-order valence-corrected chi connectivity index (χ3v) is 3.09. The third-order valence-electron chi connectivity index (χ3n) is 2.84. The van der Waals surface area contributed by atoms with Gasteiger partial charge in [0.25, 0.3) is 0 Å². The second kappa shape index (κ2) is 7.34. The van der Waals surface area contributed by atoms with Gasteiger partial charge in [-0.25, -0.2) is 0 Å². The summed E-state index contributed by atoms with van der Waals surface area (Å²) >= 11 is 5.88. The summed E-state index contributed by atoms with van der Waals surface area (Å²) in [7, 11) is 4.05. The zero-order valence-corrected chi connectivity index (χ0v) is 13.3. The van der Waals surface area contributed by atoms with Crippen LogP contribution in [0.4, 0.5) is 0 Å². The zero-order chi connectivity index (χ0) is 15.2. The highest BCUT2D eigenvalue weighted by Crippen LogP contribution is 2.32. The van der Waals surface area contributed by atoms with Crippen molar-refractivity contribution in [1.29, 1.82) is 0 Å². The van der Waals surface area contributed by atoms with Crippen molar-refractivity contribution < 1.29 is 9.47 Å². The minimum absolute atomic E-state index is 0.0787. The number of ether oxygens (including phenoxy) is 2. The van der Waals surface area contributed by atoms with Gasteiger partial charge >= 0.3 is 0 Å². The minimum atomic E-state index is 0.0787. The fourth-order valence-electron chi connectivity index (χ4n) is 2.03. The van der Waals surface area contributed by atoms with Gasteiger partial charge in [-0.15, -0.1) is 0 Å². The highest BCUT2D eigenvalue weighted by atomic mass is 35.5. The van der Waals surface area contributed by atoms with Crippen LogP contribution in [0.3, 0.4) is 0 Å². The molecule has 0 aliphatic carbocycles. The lowest BCUT2D eigenvalue weighted by Gasteiger charge is -2.20. The summed E-state index contributed by atoms with van der Waals surface area (Å²) in [6.07, 6.45) is 0.0787. The van der Waals surface area contributed by atoms with Gasteiger partial charge in [-0.3, -0.25) is 0 Å². The van der Waals surface area contributed by atoms with Gasteiger partial charge < -0.3 is 14.4 Å². The lowest BCUT2D eigenvalue weighted by molar-refractivity contribution is 0.172. The fraction of sp³-hybridized carbons (Fsp3) is 0.294. The topological polar surface area (TPSA) is 21.7 Å². The van der Waals surface area contributed by atoms with Crippen LogP contribution in [0.15, 0.2) is 48.5 Å². The molecule has 4 heteroatoms. The Kier molecular flexibility index (Phi) is 5.48. The summed E-state index contributed by atoms with van der Waals surface area (Å²) in [5.74, 6) is 2.17. The van der Waals surface area contributed by atoms with E-state index in [1.807, 2.05) is 57.4 Å². The van der Waals surface area contributed by atoms with Crippen LogP contribution in [0.25, 0.3) is 0 Å². The Morgan fingerprint density at radius 3 is 2.24 bits per heavy atom. The van der Waals surface area contributed by atoms with Crippen molar-refractivity contribution in [1.82, 2.24) is 4.90 Å². The molecule has 2 rings (SSSR count).